The van der Waals surface area contributed by atoms with Crippen molar-refractivity contribution in [2.75, 3.05) is 6.54 Å². The van der Waals surface area contributed by atoms with Crippen LogP contribution in [0.15, 0.2) is 42.5 Å². The molecule has 0 N–H and O–H groups in total. The van der Waals surface area contributed by atoms with Gasteiger partial charge in [0.25, 0.3) is 0 Å². The Morgan fingerprint density at radius 3 is 2.29 bits per heavy atom. The van der Waals surface area contributed by atoms with E-state index >= 15 is 0 Å². The minimum absolute atomic E-state index is 0.730. The van der Waals surface area contributed by atoms with Gasteiger partial charge in [-0.05, 0) is 47.7 Å². The molecular formula is C22H30N2. The normalized spacial score (nSPS) is 12.7. The average Bonchev–Trinajstić information content (AvgIpc) is 2.66. The lowest BCUT2D eigenvalue weighted by Gasteiger charge is -2.29. The number of rotatable bonds is 2. The Bertz CT molecular complexity index is 651. The van der Waals surface area contributed by atoms with Gasteiger partial charge >= 0.3 is 0 Å². The van der Waals surface area contributed by atoms with Gasteiger partial charge in [-0.15, -0.1) is 0 Å². The molecule has 2 heteroatoms. The molecule has 0 saturated heterocycles. The van der Waals surface area contributed by atoms with Crippen molar-refractivity contribution in [2.24, 2.45) is 0 Å². The van der Waals surface area contributed by atoms with Crippen LogP contribution in [-0.2, 0) is 19.5 Å². The number of hydrogen-bond donors (Lipinski definition) is 0. The van der Waals surface area contributed by atoms with Crippen LogP contribution >= 0.6 is 0 Å². The van der Waals surface area contributed by atoms with E-state index in [1.54, 1.807) is 0 Å². The molecule has 0 bridgehead atoms. The zero-order chi connectivity index (χ0) is 17.9. The summed E-state index contributed by atoms with van der Waals surface area (Å²) < 4.78 is 0. The summed E-state index contributed by atoms with van der Waals surface area (Å²) >= 11 is 0. The third-order valence-corrected chi connectivity index (χ3v) is 4.07. The van der Waals surface area contributed by atoms with E-state index in [9.17, 15) is 0 Å². The summed E-state index contributed by atoms with van der Waals surface area (Å²) in [7, 11) is 0. The summed E-state index contributed by atoms with van der Waals surface area (Å²) in [5, 5.41) is 8.82. The third-order valence-electron chi connectivity index (χ3n) is 4.07. The Labute approximate surface area is 147 Å². The topological polar surface area (TPSA) is 27.0 Å². The van der Waals surface area contributed by atoms with E-state index in [2.05, 4.69) is 48.2 Å². The van der Waals surface area contributed by atoms with E-state index in [1.165, 1.54) is 22.3 Å². The largest absolute Gasteiger partial charge is 0.294 e. The lowest BCUT2D eigenvalue weighted by atomic mass is 9.95. The summed E-state index contributed by atoms with van der Waals surface area (Å²) in [6, 6.07) is 16.7. The van der Waals surface area contributed by atoms with Gasteiger partial charge in [-0.2, -0.15) is 5.26 Å². The summed E-state index contributed by atoms with van der Waals surface area (Å²) in [5.41, 5.74) is 6.42. The van der Waals surface area contributed by atoms with E-state index < -0.39 is 0 Å². The lowest BCUT2D eigenvalue weighted by molar-refractivity contribution is 0.245. The molecule has 128 valence electrons. The lowest BCUT2D eigenvalue weighted by Crippen LogP contribution is -2.30. The zero-order valence-corrected chi connectivity index (χ0v) is 15.8. The number of nitrogens with zero attached hydrogens (tertiary/aromatic N) is 2. The van der Waals surface area contributed by atoms with Crippen LogP contribution in [0.3, 0.4) is 0 Å². The van der Waals surface area contributed by atoms with Crippen molar-refractivity contribution >= 4 is 0 Å². The molecule has 0 amide bonds. The Hall–Kier alpha value is -2.11. The maximum Gasteiger partial charge on any atom is 0.0991 e. The van der Waals surface area contributed by atoms with Gasteiger partial charge < -0.3 is 0 Å². The van der Waals surface area contributed by atoms with E-state index in [4.69, 9.17) is 5.26 Å². The first-order valence-electron chi connectivity index (χ1n) is 9.05. The quantitative estimate of drug-likeness (QED) is 0.732. The summed E-state index contributed by atoms with van der Waals surface area (Å²) in [6.45, 7) is 13.3. The van der Waals surface area contributed by atoms with Gasteiger partial charge in [0.15, 0.2) is 0 Å². The van der Waals surface area contributed by atoms with Crippen LogP contribution in [0.5, 0.6) is 0 Å². The van der Waals surface area contributed by atoms with Gasteiger partial charge in [-0.25, -0.2) is 0 Å². The molecule has 0 spiro atoms. The molecule has 3 rings (SSSR count). The SMILES string of the molecule is CC.CC.Cc1cccc2c1CCN(Cc1ccc(C#N)cc1)C2. The molecule has 2 aromatic rings. The number of aryl methyl sites for hydroxylation is 1. The second kappa shape index (κ2) is 10.6. The number of benzene rings is 2. The molecule has 1 heterocycles. The van der Waals surface area contributed by atoms with Crippen molar-refractivity contribution in [3.05, 3.63) is 70.3 Å². The molecule has 1 aliphatic rings. The molecule has 0 saturated carbocycles. The number of nitriles is 1. The minimum Gasteiger partial charge on any atom is -0.294 e. The van der Waals surface area contributed by atoms with E-state index in [-0.39, 0.29) is 0 Å². The van der Waals surface area contributed by atoms with Crippen LogP contribution in [0.4, 0.5) is 0 Å². The van der Waals surface area contributed by atoms with Crippen LogP contribution in [0.1, 0.15) is 55.5 Å². The molecule has 2 aromatic carbocycles. The maximum absolute atomic E-state index is 8.82. The maximum atomic E-state index is 8.82. The fraction of sp³-hybridized carbons (Fsp3) is 0.409. The second-order valence-electron chi connectivity index (χ2n) is 5.48. The summed E-state index contributed by atoms with van der Waals surface area (Å²) in [6.07, 6.45) is 1.14. The van der Waals surface area contributed by atoms with Gasteiger partial charge in [0.05, 0.1) is 11.6 Å². The third kappa shape index (κ3) is 5.22. The van der Waals surface area contributed by atoms with Crippen LogP contribution in [-0.4, -0.2) is 11.4 Å². The zero-order valence-electron chi connectivity index (χ0n) is 15.8. The number of hydrogen-bond acceptors (Lipinski definition) is 2. The van der Waals surface area contributed by atoms with Crippen LogP contribution in [0, 0.1) is 18.3 Å². The Kier molecular flexibility index (Phi) is 8.83. The average molecular weight is 322 g/mol. The Morgan fingerprint density at radius 2 is 1.67 bits per heavy atom. The molecule has 0 aliphatic carbocycles. The standard InChI is InChI=1S/C18H18N2.2C2H6/c1-14-3-2-4-17-13-20(10-9-18(14)17)12-16-7-5-15(11-19)6-8-16;2*1-2/h2-8H,9-10,12-13H2,1H3;2*1-2H3. The minimum atomic E-state index is 0.730. The molecule has 0 unspecified atom stereocenters. The highest BCUT2D eigenvalue weighted by molar-refractivity contribution is 5.36. The Morgan fingerprint density at radius 1 is 1.00 bits per heavy atom. The molecule has 0 aromatic heterocycles. The van der Waals surface area contributed by atoms with Crippen LogP contribution in [0.25, 0.3) is 0 Å². The molecule has 0 radical (unpaired) electrons. The number of fused-ring (bicyclic) bond motifs is 1. The second-order valence-corrected chi connectivity index (χ2v) is 5.48. The van der Waals surface area contributed by atoms with E-state index in [1.807, 2.05) is 39.8 Å². The molecular weight excluding hydrogens is 292 g/mol. The molecule has 0 fully saturated rings. The fourth-order valence-corrected chi connectivity index (χ4v) is 2.94. The van der Waals surface area contributed by atoms with E-state index in [0.29, 0.717) is 0 Å². The smallest absolute Gasteiger partial charge is 0.0991 e. The summed E-state index contributed by atoms with van der Waals surface area (Å²) in [4.78, 5) is 2.48. The van der Waals surface area contributed by atoms with Gasteiger partial charge in [0.1, 0.15) is 0 Å². The summed E-state index contributed by atoms with van der Waals surface area (Å²) in [5.74, 6) is 0. The van der Waals surface area contributed by atoms with Crippen molar-refractivity contribution in [2.45, 2.75) is 54.1 Å². The van der Waals surface area contributed by atoms with Crippen molar-refractivity contribution < 1.29 is 0 Å². The highest BCUT2D eigenvalue weighted by atomic mass is 15.1. The van der Waals surface area contributed by atoms with Crippen molar-refractivity contribution in [3.8, 4) is 6.07 Å². The predicted octanol–water partition coefficient (Wildman–Crippen LogP) is 5.48. The highest BCUT2D eigenvalue weighted by Gasteiger charge is 2.17. The Balaban J connectivity index is 0.000000671. The van der Waals surface area contributed by atoms with Gasteiger partial charge in [0.2, 0.25) is 0 Å². The first-order chi connectivity index (χ1) is 11.8. The van der Waals surface area contributed by atoms with E-state index in [0.717, 1.165) is 31.6 Å². The highest BCUT2D eigenvalue weighted by Crippen LogP contribution is 2.23. The van der Waals surface area contributed by atoms with Crippen molar-refractivity contribution in [1.29, 1.82) is 5.26 Å². The van der Waals surface area contributed by atoms with Crippen molar-refractivity contribution in [3.63, 3.8) is 0 Å². The molecule has 24 heavy (non-hydrogen) atoms. The van der Waals surface area contributed by atoms with Gasteiger partial charge in [-0.3, -0.25) is 4.90 Å². The monoisotopic (exact) mass is 322 g/mol. The molecule has 1 aliphatic heterocycles. The van der Waals surface area contributed by atoms with Crippen LogP contribution in [0.2, 0.25) is 0 Å². The molecule has 2 nitrogen and oxygen atoms in total. The van der Waals surface area contributed by atoms with Gasteiger partial charge in [-0.1, -0.05) is 58.0 Å². The fourth-order valence-electron chi connectivity index (χ4n) is 2.94. The van der Waals surface area contributed by atoms with Crippen LogP contribution < -0.4 is 0 Å². The predicted molar refractivity (Wildman–Crippen MR) is 103 cm³/mol. The van der Waals surface area contributed by atoms with Crippen molar-refractivity contribution in [1.82, 2.24) is 4.90 Å². The first kappa shape index (κ1) is 19.9. The van der Waals surface area contributed by atoms with Gasteiger partial charge in [0, 0.05) is 19.6 Å². The molecule has 0 atom stereocenters. The first-order valence-corrected chi connectivity index (χ1v) is 9.05.